The lowest BCUT2D eigenvalue weighted by Crippen LogP contribution is -1.88. The second-order valence-corrected chi connectivity index (χ2v) is 4.76. The van der Waals surface area contributed by atoms with E-state index in [4.69, 9.17) is 5.21 Å². The van der Waals surface area contributed by atoms with E-state index >= 15 is 0 Å². The Balaban J connectivity index is 2.34. The summed E-state index contributed by atoms with van der Waals surface area (Å²) in [6.45, 7) is 0. The highest BCUT2D eigenvalue weighted by molar-refractivity contribution is 6.25. The van der Waals surface area contributed by atoms with E-state index in [0.29, 0.717) is 0 Å². The van der Waals surface area contributed by atoms with Crippen molar-refractivity contribution < 1.29 is 5.21 Å². The lowest BCUT2D eigenvalue weighted by Gasteiger charge is -2.11. The second kappa shape index (κ2) is 3.69. The Bertz CT molecular complexity index is 909. The van der Waals surface area contributed by atoms with Crippen LogP contribution >= 0.6 is 0 Å². The predicted molar refractivity (Wildman–Crippen MR) is 79.5 cm³/mol. The van der Waals surface area contributed by atoms with Crippen LogP contribution in [0.1, 0.15) is 5.56 Å². The summed E-state index contributed by atoms with van der Waals surface area (Å²) in [5, 5.41) is 19.3. The molecular formula is C17H11NO. The third-order valence-corrected chi connectivity index (χ3v) is 3.76. The van der Waals surface area contributed by atoms with Gasteiger partial charge in [0.2, 0.25) is 0 Å². The van der Waals surface area contributed by atoms with Gasteiger partial charge in [-0.1, -0.05) is 59.8 Å². The molecule has 0 amide bonds. The molecule has 4 aromatic carbocycles. The predicted octanol–water partition coefficient (Wildman–Crippen LogP) is 4.39. The van der Waals surface area contributed by atoms with Crippen LogP contribution in [0.2, 0.25) is 0 Å². The van der Waals surface area contributed by atoms with E-state index in [1.165, 1.54) is 33.1 Å². The van der Waals surface area contributed by atoms with Crippen LogP contribution in [0.3, 0.4) is 0 Å². The van der Waals surface area contributed by atoms with Crippen LogP contribution in [0.4, 0.5) is 0 Å². The summed E-state index contributed by atoms with van der Waals surface area (Å²) in [7, 11) is 0. The maximum Gasteiger partial charge on any atom is 0.0740 e. The summed E-state index contributed by atoms with van der Waals surface area (Å²) in [5.41, 5.74) is 0.938. The molecule has 0 fully saturated rings. The molecule has 1 N–H and O–H groups in total. The summed E-state index contributed by atoms with van der Waals surface area (Å²) in [5.74, 6) is 0. The quantitative estimate of drug-likeness (QED) is 0.229. The van der Waals surface area contributed by atoms with Gasteiger partial charge in [0.05, 0.1) is 6.21 Å². The van der Waals surface area contributed by atoms with Crippen LogP contribution in [-0.4, -0.2) is 11.4 Å². The van der Waals surface area contributed by atoms with E-state index in [-0.39, 0.29) is 0 Å². The molecule has 2 nitrogen and oxygen atoms in total. The molecule has 0 saturated carbocycles. The van der Waals surface area contributed by atoms with Crippen molar-refractivity contribution in [1.82, 2.24) is 0 Å². The molecule has 0 aliphatic rings. The van der Waals surface area contributed by atoms with E-state index in [1.807, 2.05) is 6.07 Å². The maximum absolute atomic E-state index is 8.79. The Morgan fingerprint density at radius 1 is 0.737 bits per heavy atom. The fourth-order valence-electron chi connectivity index (χ4n) is 2.93. The largest absolute Gasteiger partial charge is 0.411 e. The van der Waals surface area contributed by atoms with E-state index in [9.17, 15) is 0 Å². The Morgan fingerprint density at radius 2 is 1.37 bits per heavy atom. The van der Waals surface area contributed by atoms with Crippen molar-refractivity contribution in [3.8, 4) is 0 Å². The van der Waals surface area contributed by atoms with Gasteiger partial charge in [-0.05, 0) is 32.3 Å². The van der Waals surface area contributed by atoms with Crippen molar-refractivity contribution in [2.45, 2.75) is 0 Å². The molecule has 0 heterocycles. The highest BCUT2D eigenvalue weighted by Crippen LogP contribution is 2.35. The molecule has 90 valence electrons. The molecule has 0 aliphatic heterocycles. The lowest BCUT2D eigenvalue weighted by atomic mass is 9.92. The molecule has 0 aromatic heterocycles. The zero-order valence-electron chi connectivity index (χ0n) is 10.2. The van der Waals surface area contributed by atoms with Crippen LogP contribution in [0.25, 0.3) is 32.3 Å². The smallest absolute Gasteiger partial charge is 0.0740 e. The standard InChI is InChI=1S/C17H11NO/c19-18-10-14-7-6-13-5-4-11-2-1-3-12-8-9-15(14)17(13)16(11)12/h1-10,19H/b18-10-. The number of nitrogens with zero attached hydrogens (tertiary/aromatic N) is 1. The number of hydrogen-bond donors (Lipinski definition) is 1. The number of hydrogen-bond acceptors (Lipinski definition) is 2. The van der Waals surface area contributed by atoms with E-state index < -0.39 is 0 Å². The molecule has 0 spiro atoms. The van der Waals surface area contributed by atoms with Gasteiger partial charge in [-0.2, -0.15) is 0 Å². The zero-order valence-corrected chi connectivity index (χ0v) is 10.2. The van der Waals surface area contributed by atoms with Crippen LogP contribution in [0.5, 0.6) is 0 Å². The summed E-state index contributed by atoms with van der Waals surface area (Å²) >= 11 is 0. The average molecular weight is 245 g/mol. The maximum atomic E-state index is 8.79. The van der Waals surface area contributed by atoms with Gasteiger partial charge in [-0.25, -0.2) is 0 Å². The Labute approximate surface area is 109 Å². The van der Waals surface area contributed by atoms with Gasteiger partial charge >= 0.3 is 0 Å². The molecule has 0 saturated heterocycles. The lowest BCUT2D eigenvalue weighted by molar-refractivity contribution is 0.322. The van der Waals surface area contributed by atoms with Gasteiger partial charge in [-0.15, -0.1) is 0 Å². The topological polar surface area (TPSA) is 32.6 Å². The minimum absolute atomic E-state index is 0.938. The monoisotopic (exact) mass is 245 g/mol. The Kier molecular flexibility index (Phi) is 2.00. The molecule has 0 aliphatic carbocycles. The summed E-state index contributed by atoms with van der Waals surface area (Å²) < 4.78 is 0. The third kappa shape index (κ3) is 1.34. The van der Waals surface area contributed by atoms with Crippen molar-refractivity contribution in [3.05, 3.63) is 60.2 Å². The first-order chi connectivity index (χ1) is 9.38. The second-order valence-electron chi connectivity index (χ2n) is 4.76. The fraction of sp³-hybridized carbons (Fsp3) is 0. The minimum atomic E-state index is 0.938. The van der Waals surface area contributed by atoms with Gasteiger partial charge in [0.1, 0.15) is 0 Å². The van der Waals surface area contributed by atoms with Gasteiger partial charge < -0.3 is 5.21 Å². The molecule has 0 unspecified atom stereocenters. The van der Waals surface area contributed by atoms with E-state index in [0.717, 1.165) is 10.9 Å². The molecule has 0 radical (unpaired) electrons. The molecule has 0 atom stereocenters. The van der Waals surface area contributed by atoms with Crippen molar-refractivity contribution in [1.29, 1.82) is 0 Å². The fourth-order valence-corrected chi connectivity index (χ4v) is 2.93. The number of rotatable bonds is 1. The normalized spacial score (nSPS) is 12.2. The van der Waals surface area contributed by atoms with Crippen molar-refractivity contribution in [2.75, 3.05) is 0 Å². The van der Waals surface area contributed by atoms with Crippen molar-refractivity contribution >= 4 is 38.5 Å². The third-order valence-electron chi connectivity index (χ3n) is 3.76. The van der Waals surface area contributed by atoms with Gasteiger partial charge in [-0.3, -0.25) is 0 Å². The van der Waals surface area contributed by atoms with E-state index in [1.54, 1.807) is 0 Å². The summed E-state index contributed by atoms with van der Waals surface area (Å²) in [4.78, 5) is 0. The van der Waals surface area contributed by atoms with Crippen LogP contribution in [-0.2, 0) is 0 Å². The number of oxime groups is 1. The highest BCUT2D eigenvalue weighted by Gasteiger charge is 2.09. The molecule has 19 heavy (non-hydrogen) atoms. The first-order valence-electron chi connectivity index (χ1n) is 6.22. The number of benzene rings is 4. The molecule has 4 rings (SSSR count). The molecule has 2 heteroatoms. The minimum Gasteiger partial charge on any atom is -0.411 e. The van der Waals surface area contributed by atoms with Crippen molar-refractivity contribution in [3.63, 3.8) is 0 Å². The summed E-state index contributed by atoms with van der Waals surface area (Å²) in [6.07, 6.45) is 1.49. The average Bonchev–Trinajstić information content (AvgIpc) is 2.46. The first kappa shape index (κ1) is 10.3. The summed E-state index contributed by atoms with van der Waals surface area (Å²) in [6, 6.07) is 18.9. The zero-order chi connectivity index (χ0) is 12.8. The van der Waals surface area contributed by atoms with Gasteiger partial charge in [0, 0.05) is 5.56 Å². The molecule has 0 bridgehead atoms. The van der Waals surface area contributed by atoms with Crippen LogP contribution < -0.4 is 0 Å². The highest BCUT2D eigenvalue weighted by atomic mass is 16.4. The molecule has 4 aromatic rings. The Hall–Kier alpha value is -2.61. The van der Waals surface area contributed by atoms with Gasteiger partial charge in [0.15, 0.2) is 0 Å². The van der Waals surface area contributed by atoms with Crippen LogP contribution in [0, 0.1) is 0 Å². The first-order valence-corrected chi connectivity index (χ1v) is 6.22. The SMILES string of the molecule is O/N=C\c1ccc2ccc3cccc4ccc1c2c34. The van der Waals surface area contributed by atoms with Gasteiger partial charge in [0.25, 0.3) is 0 Å². The van der Waals surface area contributed by atoms with E-state index in [2.05, 4.69) is 53.7 Å². The Morgan fingerprint density at radius 3 is 2.11 bits per heavy atom. The van der Waals surface area contributed by atoms with Crippen molar-refractivity contribution in [2.24, 2.45) is 5.16 Å². The molecular weight excluding hydrogens is 234 g/mol. The van der Waals surface area contributed by atoms with Crippen LogP contribution in [0.15, 0.2) is 59.8 Å².